The molecule has 2 aromatic carbocycles. The summed E-state index contributed by atoms with van der Waals surface area (Å²) in [4.78, 5) is 36.7. The van der Waals surface area contributed by atoms with Crippen LogP contribution in [0.4, 0.5) is 4.39 Å². The van der Waals surface area contributed by atoms with E-state index in [1.165, 1.54) is 50.2 Å². The number of carbonyl (C=O) groups excluding carboxylic acids is 3. The first-order valence-electron chi connectivity index (χ1n) is 8.76. The van der Waals surface area contributed by atoms with Gasteiger partial charge in [0.2, 0.25) is 0 Å². The minimum Gasteiger partial charge on any atom is -0.493 e. The third-order valence-corrected chi connectivity index (χ3v) is 4.01. The van der Waals surface area contributed by atoms with Crippen molar-refractivity contribution in [3.8, 4) is 11.5 Å². The number of Topliss-reactive ketones (excluding diaryl/α,β-unsaturated/α-hetero) is 1. The van der Waals surface area contributed by atoms with E-state index in [0.29, 0.717) is 16.9 Å². The summed E-state index contributed by atoms with van der Waals surface area (Å²) in [5.41, 5.74) is 1.07. The SMILES string of the molecule is COc1cc(C(C)=O)ccc1OCC(=O)OCC(=O)N(C)Cc1cccc(F)c1. The van der Waals surface area contributed by atoms with E-state index in [2.05, 4.69) is 0 Å². The maximum atomic E-state index is 13.2. The third kappa shape index (κ3) is 6.60. The van der Waals surface area contributed by atoms with Crippen LogP contribution in [-0.2, 0) is 20.9 Å². The molecule has 0 unspecified atom stereocenters. The molecule has 0 saturated carbocycles. The number of halogens is 1. The van der Waals surface area contributed by atoms with Gasteiger partial charge in [0, 0.05) is 19.2 Å². The van der Waals surface area contributed by atoms with Crippen molar-refractivity contribution in [2.45, 2.75) is 13.5 Å². The van der Waals surface area contributed by atoms with Crippen molar-refractivity contribution in [3.05, 3.63) is 59.4 Å². The zero-order chi connectivity index (χ0) is 21.4. The molecule has 0 aliphatic rings. The minimum atomic E-state index is -0.741. The molecule has 8 heteroatoms. The molecule has 0 saturated heterocycles. The molecule has 29 heavy (non-hydrogen) atoms. The van der Waals surface area contributed by atoms with Gasteiger partial charge in [-0.05, 0) is 42.8 Å². The van der Waals surface area contributed by atoms with E-state index >= 15 is 0 Å². The van der Waals surface area contributed by atoms with Crippen molar-refractivity contribution < 1.29 is 33.0 Å². The molecule has 0 bridgehead atoms. The lowest BCUT2D eigenvalue weighted by molar-refractivity contribution is -0.153. The molecule has 0 radical (unpaired) electrons. The van der Waals surface area contributed by atoms with E-state index in [4.69, 9.17) is 14.2 Å². The number of hydrogen-bond acceptors (Lipinski definition) is 6. The molecular formula is C21H22FNO6. The first-order chi connectivity index (χ1) is 13.8. The number of nitrogens with zero attached hydrogens (tertiary/aromatic N) is 1. The Morgan fingerprint density at radius 3 is 2.45 bits per heavy atom. The Kier molecular flexibility index (Phi) is 7.70. The summed E-state index contributed by atoms with van der Waals surface area (Å²) in [6.07, 6.45) is 0. The molecule has 154 valence electrons. The van der Waals surface area contributed by atoms with Crippen LogP contribution >= 0.6 is 0 Å². The second-order valence-electron chi connectivity index (χ2n) is 6.25. The molecule has 0 aliphatic carbocycles. The molecule has 0 fully saturated rings. The van der Waals surface area contributed by atoms with Crippen LogP contribution in [0.2, 0.25) is 0 Å². The highest BCUT2D eigenvalue weighted by Crippen LogP contribution is 2.28. The lowest BCUT2D eigenvalue weighted by Crippen LogP contribution is -2.31. The summed E-state index contributed by atoms with van der Waals surface area (Å²) in [5.74, 6) is -1.13. The molecule has 1 amide bonds. The van der Waals surface area contributed by atoms with Crippen LogP contribution in [-0.4, -0.2) is 49.9 Å². The van der Waals surface area contributed by atoms with Gasteiger partial charge in [0.15, 0.2) is 30.5 Å². The van der Waals surface area contributed by atoms with Crippen LogP contribution in [0.5, 0.6) is 11.5 Å². The number of esters is 1. The van der Waals surface area contributed by atoms with Gasteiger partial charge in [-0.3, -0.25) is 9.59 Å². The molecule has 2 aromatic rings. The monoisotopic (exact) mass is 403 g/mol. The van der Waals surface area contributed by atoms with Crippen LogP contribution in [0.25, 0.3) is 0 Å². The molecule has 0 aliphatic heterocycles. The van der Waals surface area contributed by atoms with Crippen LogP contribution in [0.1, 0.15) is 22.8 Å². The number of rotatable bonds is 9. The fourth-order valence-corrected chi connectivity index (χ4v) is 2.43. The Balaban J connectivity index is 1.82. The van der Waals surface area contributed by atoms with Gasteiger partial charge in [0.05, 0.1) is 7.11 Å². The molecule has 2 rings (SSSR count). The largest absolute Gasteiger partial charge is 0.493 e. The van der Waals surface area contributed by atoms with Gasteiger partial charge < -0.3 is 19.1 Å². The Morgan fingerprint density at radius 1 is 1.03 bits per heavy atom. The van der Waals surface area contributed by atoms with Crippen LogP contribution in [0.3, 0.4) is 0 Å². The topological polar surface area (TPSA) is 82.1 Å². The minimum absolute atomic E-state index is 0.130. The van der Waals surface area contributed by atoms with E-state index < -0.39 is 30.9 Å². The first-order valence-corrected chi connectivity index (χ1v) is 8.76. The van der Waals surface area contributed by atoms with Crippen molar-refractivity contribution in [1.29, 1.82) is 0 Å². The highest BCUT2D eigenvalue weighted by molar-refractivity contribution is 5.94. The third-order valence-electron chi connectivity index (χ3n) is 4.01. The van der Waals surface area contributed by atoms with E-state index in [-0.39, 0.29) is 18.1 Å². The summed E-state index contributed by atoms with van der Waals surface area (Å²) in [6, 6.07) is 10.5. The summed E-state index contributed by atoms with van der Waals surface area (Å²) in [5, 5.41) is 0. The molecule has 0 spiro atoms. The smallest absolute Gasteiger partial charge is 0.344 e. The number of ether oxygens (including phenoxy) is 3. The average molecular weight is 403 g/mol. The predicted octanol–water partition coefficient (Wildman–Crippen LogP) is 2.62. The Hall–Kier alpha value is -3.42. The first kappa shape index (κ1) is 21.9. The lowest BCUT2D eigenvalue weighted by atomic mass is 10.1. The van der Waals surface area contributed by atoms with Gasteiger partial charge in [-0.15, -0.1) is 0 Å². The van der Waals surface area contributed by atoms with Crippen molar-refractivity contribution in [2.75, 3.05) is 27.4 Å². The fourth-order valence-electron chi connectivity index (χ4n) is 2.43. The maximum absolute atomic E-state index is 13.2. The van der Waals surface area contributed by atoms with Crippen molar-refractivity contribution in [1.82, 2.24) is 4.90 Å². The number of ketones is 1. The predicted molar refractivity (Wildman–Crippen MR) is 102 cm³/mol. The Bertz CT molecular complexity index is 898. The number of likely N-dealkylation sites (N-methyl/N-ethyl adjacent to an activating group) is 1. The molecule has 0 atom stereocenters. The zero-order valence-electron chi connectivity index (χ0n) is 16.4. The number of amides is 1. The fraction of sp³-hybridized carbons (Fsp3) is 0.286. The van der Waals surface area contributed by atoms with Crippen LogP contribution < -0.4 is 9.47 Å². The summed E-state index contributed by atoms with van der Waals surface area (Å²) < 4.78 is 28.6. The van der Waals surface area contributed by atoms with Gasteiger partial charge in [-0.25, -0.2) is 9.18 Å². The standard InChI is InChI=1S/C21H22FNO6/c1-14(24)16-7-8-18(19(10-16)27-3)28-13-21(26)29-12-20(25)23(2)11-15-5-4-6-17(22)9-15/h4-10H,11-13H2,1-3H3. The molecule has 0 heterocycles. The van der Waals surface area contributed by atoms with E-state index in [0.717, 1.165) is 0 Å². The molecule has 0 aromatic heterocycles. The van der Waals surface area contributed by atoms with Crippen LogP contribution in [0, 0.1) is 5.82 Å². The molecule has 7 nitrogen and oxygen atoms in total. The van der Waals surface area contributed by atoms with Crippen molar-refractivity contribution in [2.24, 2.45) is 0 Å². The number of benzene rings is 2. The summed E-state index contributed by atoms with van der Waals surface area (Å²) >= 11 is 0. The van der Waals surface area contributed by atoms with Gasteiger partial charge in [-0.1, -0.05) is 12.1 Å². The van der Waals surface area contributed by atoms with Gasteiger partial charge in [0.1, 0.15) is 5.82 Å². The van der Waals surface area contributed by atoms with Crippen LogP contribution in [0.15, 0.2) is 42.5 Å². The average Bonchev–Trinajstić information content (AvgIpc) is 2.70. The number of hydrogen-bond donors (Lipinski definition) is 0. The van der Waals surface area contributed by atoms with E-state index in [1.807, 2.05) is 0 Å². The Morgan fingerprint density at radius 2 is 1.79 bits per heavy atom. The number of carbonyl (C=O) groups is 3. The van der Waals surface area contributed by atoms with Gasteiger partial charge in [0.25, 0.3) is 5.91 Å². The van der Waals surface area contributed by atoms with Gasteiger partial charge in [-0.2, -0.15) is 0 Å². The number of methoxy groups -OCH3 is 1. The van der Waals surface area contributed by atoms with E-state index in [1.54, 1.807) is 18.2 Å². The molecular weight excluding hydrogens is 381 g/mol. The van der Waals surface area contributed by atoms with Gasteiger partial charge >= 0.3 is 5.97 Å². The normalized spacial score (nSPS) is 10.2. The quantitative estimate of drug-likeness (QED) is 0.473. The highest BCUT2D eigenvalue weighted by atomic mass is 19.1. The lowest BCUT2D eigenvalue weighted by Gasteiger charge is -2.17. The summed E-state index contributed by atoms with van der Waals surface area (Å²) in [7, 11) is 2.94. The summed E-state index contributed by atoms with van der Waals surface area (Å²) in [6.45, 7) is 0.713. The molecule has 0 N–H and O–H groups in total. The second kappa shape index (κ2) is 10.2. The highest BCUT2D eigenvalue weighted by Gasteiger charge is 2.15. The Labute approximate surface area is 168 Å². The zero-order valence-corrected chi connectivity index (χ0v) is 16.4. The van der Waals surface area contributed by atoms with Crippen molar-refractivity contribution in [3.63, 3.8) is 0 Å². The van der Waals surface area contributed by atoms with Crippen molar-refractivity contribution >= 4 is 17.7 Å². The maximum Gasteiger partial charge on any atom is 0.344 e. The second-order valence-corrected chi connectivity index (χ2v) is 6.25. The van der Waals surface area contributed by atoms with E-state index in [9.17, 15) is 18.8 Å².